The predicted octanol–water partition coefficient (Wildman–Crippen LogP) is 2.93. The number of anilines is 1. The molecule has 1 aromatic carbocycles. The molecule has 7 nitrogen and oxygen atoms in total. The van der Waals surface area contributed by atoms with Crippen LogP contribution >= 0.6 is 0 Å². The number of rotatable bonds is 5. The van der Waals surface area contributed by atoms with E-state index in [1.54, 1.807) is 7.11 Å². The molecule has 7 heteroatoms. The van der Waals surface area contributed by atoms with Crippen LogP contribution in [0.4, 0.5) is 6.01 Å². The van der Waals surface area contributed by atoms with Crippen LogP contribution in [0.2, 0.25) is 0 Å². The molecule has 146 valence electrons. The highest BCUT2D eigenvalue weighted by Gasteiger charge is 2.31. The van der Waals surface area contributed by atoms with Crippen LogP contribution in [-0.2, 0) is 0 Å². The monoisotopic (exact) mass is 372 g/mol. The number of aliphatic hydroxyl groups is 1. The predicted molar refractivity (Wildman–Crippen MR) is 103 cm³/mol. The van der Waals surface area contributed by atoms with Crippen LogP contribution in [-0.4, -0.2) is 58.5 Å². The van der Waals surface area contributed by atoms with Crippen molar-refractivity contribution in [3.8, 4) is 17.1 Å². The first-order valence-corrected chi connectivity index (χ1v) is 9.90. The Hall–Kier alpha value is -2.12. The molecule has 0 spiro atoms. The van der Waals surface area contributed by atoms with Gasteiger partial charge in [-0.1, -0.05) is 30.1 Å². The van der Waals surface area contributed by atoms with Crippen molar-refractivity contribution in [3.05, 3.63) is 24.3 Å². The average molecular weight is 372 g/mol. The molecule has 0 radical (unpaired) electrons. The number of nitrogens with zero attached hydrogens (tertiary/aromatic N) is 3. The van der Waals surface area contributed by atoms with Crippen molar-refractivity contribution in [1.29, 1.82) is 0 Å². The van der Waals surface area contributed by atoms with Gasteiger partial charge in [0.1, 0.15) is 5.75 Å². The van der Waals surface area contributed by atoms with Gasteiger partial charge in [0.2, 0.25) is 5.82 Å². The van der Waals surface area contributed by atoms with Crippen molar-refractivity contribution >= 4 is 6.01 Å². The van der Waals surface area contributed by atoms with Gasteiger partial charge in [-0.2, -0.15) is 4.98 Å². The summed E-state index contributed by atoms with van der Waals surface area (Å²) in [4.78, 5) is 6.93. The number of nitrogens with one attached hydrogen (secondary N) is 1. The molecule has 2 heterocycles. The van der Waals surface area contributed by atoms with Crippen LogP contribution < -0.4 is 10.1 Å². The topological polar surface area (TPSA) is 83.7 Å². The lowest BCUT2D eigenvalue weighted by molar-refractivity contribution is 0.00982. The van der Waals surface area contributed by atoms with Gasteiger partial charge in [-0.25, -0.2) is 0 Å². The lowest BCUT2D eigenvalue weighted by Crippen LogP contribution is -2.50. The second-order valence-corrected chi connectivity index (χ2v) is 7.53. The first-order chi connectivity index (χ1) is 13.2. The molecule has 1 aromatic heterocycles. The summed E-state index contributed by atoms with van der Waals surface area (Å²) in [6, 6.07) is 8.74. The van der Waals surface area contributed by atoms with Crippen molar-refractivity contribution in [3.63, 3.8) is 0 Å². The van der Waals surface area contributed by atoms with Gasteiger partial charge >= 0.3 is 6.01 Å². The number of ether oxygens (including phenoxy) is 1. The average Bonchev–Trinajstić information content (AvgIpc) is 3.18. The van der Waals surface area contributed by atoms with E-state index in [2.05, 4.69) is 20.4 Å². The lowest BCUT2D eigenvalue weighted by atomic mass is 9.89. The molecule has 1 saturated heterocycles. The molecule has 0 amide bonds. The Kier molecular flexibility index (Phi) is 5.59. The molecule has 2 aliphatic rings. The van der Waals surface area contributed by atoms with Gasteiger partial charge in [0.15, 0.2) is 0 Å². The van der Waals surface area contributed by atoms with E-state index in [1.165, 1.54) is 6.42 Å². The van der Waals surface area contributed by atoms with Gasteiger partial charge in [0, 0.05) is 30.7 Å². The van der Waals surface area contributed by atoms with E-state index in [4.69, 9.17) is 9.26 Å². The highest BCUT2D eigenvalue weighted by molar-refractivity contribution is 5.57. The zero-order valence-corrected chi connectivity index (χ0v) is 15.8. The van der Waals surface area contributed by atoms with Crippen molar-refractivity contribution < 1.29 is 14.4 Å². The summed E-state index contributed by atoms with van der Waals surface area (Å²) in [6.45, 7) is 1.99. The van der Waals surface area contributed by atoms with Crippen LogP contribution in [0.1, 0.15) is 38.5 Å². The highest BCUT2D eigenvalue weighted by Crippen LogP contribution is 2.27. The van der Waals surface area contributed by atoms with E-state index in [-0.39, 0.29) is 6.10 Å². The summed E-state index contributed by atoms with van der Waals surface area (Å²) in [6.07, 6.45) is 6.31. The number of aliphatic hydroxyl groups excluding tert-OH is 1. The molecule has 1 saturated carbocycles. The molecular weight excluding hydrogens is 344 g/mol. The Bertz CT molecular complexity index is 742. The second-order valence-electron chi connectivity index (χ2n) is 7.53. The fourth-order valence-corrected chi connectivity index (χ4v) is 4.23. The van der Waals surface area contributed by atoms with Crippen molar-refractivity contribution in [2.75, 3.05) is 25.5 Å². The van der Waals surface area contributed by atoms with Crippen LogP contribution in [0.25, 0.3) is 11.4 Å². The quantitative estimate of drug-likeness (QED) is 0.835. The van der Waals surface area contributed by atoms with Gasteiger partial charge in [-0.3, -0.25) is 4.90 Å². The van der Waals surface area contributed by atoms with Gasteiger partial charge < -0.3 is 19.7 Å². The molecule has 2 N–H and O–H groups in total. The highest BCUT2D eigenvalue weighted by atomic mass is 16.5. The zero-order valence-electron chi connectivity index (χ0n) is 15.8. The first-order valence-electron chi connectivity index (χ1n) is 9.90. The maximum absolute atomic E-state index is 10.3. The van der Waals surface area contributed by atoms with Gasteiger partial charge in [-0.05, 0) is 37.8 Å². The minimum Gasteiger partial charge on any atom is -0.497 e. The normalized spacial score (nSPS) is 24.7. The molecular formula is C20H28N4O3. The van der Waals surface area contributed by atoms with E-state index in [1.807, 2.05) is 24.3 Å². The molecule has 1 aliphatic heterocycles. The number of methoxy groups -OCH3 is 1. The molecule has 2 atom stereocenters. The summed E-state index contributed by atoms with van der Waals surface area (Å²) in [5.41, 5.74) is 0.868. The van der Waals surface area contributed by atoms with E-state index in [0.717, 1.165) is 56.5 Å². The first kappa shape index (κ1) is 18.3. The van der Waals surface area contributed by atoms with Crippen LogP contribution in [0.3, 0.4) is 0 Å². The Morgan fingerprint density at radius 2 is 2.00 bits per heavy atom. The van der Waals surface area contributed by atoms with Crippen molar-refractivity contribution in [2.45, 2.75) is 56.7 Å². The fourth-order valence-electron chi connectivity index (χ4n) is 4.23. The minimum absolute atomic E-state index is 0.162. The minimum atomic E-state index is -0.162. The Morgan fingerprint density at radius 3 is 2.78 bits per heavy atom. The number of likely N-dealkylation sites (tertiary alicyclic amines) is 1. The summed E-state index contributed by atoms with van der Waals surface area (Å²) in [5, 5.41) is 17.7. The summed E-state index contributed by atoms with van der Waals surface area (Å²) >= 11 is 0. The van der Waals surface area contributed by atoms with E-state index >= 15 is 0 Å². The zero-order chi connectivity index (χ0) is 18.6. The number of benzene rings is 1. The van der Waals surface area contributed by atoms with E-state index in [9.17, 15) is 5.11 Å². The van der Waals surface area contributed by atoms with Gasteiger partial charge in [0.25, 0.3) is 0 Å². The SMILES string of the molecule is COc1cccc(-c2noc(NC3CCN(C4CCCCC4O)CC3)n2)c1. The third-order valence-electron chi connectivity index (χ3n) is 5.77. The number of piperidine rings is 1. The van der Waals surface area contributed by atoms with E-state index in [0.29, 0.717) is 23.9 Å². The molecule has 2 fully saturated rings. The summed E-state index contributed by atoms with van der Waals surface area (Å²) in [5.74, 6) is 1.32. The van der Waals surface area contributed by atoms with Crippen LogP contribution in [0.15, 0.2) is 28.8 Å². The molecule has 0 bridgehead atoms. The summed E-state index contributed by atoms with van der Waals surface area (Å²) in [7, 11) is 1.64. The number of aromatic nitrogens is 2. The Balaban J connectivity index is 1.32. The van der Waals surface area contributed by atoms with Gasteiger partial charge in [0.05, 0.1) is 13.2 Å². The second kappa shape index (κ2) is 8.27. The van der Waals surface area contributed by atoms with Crippen molar-refractivity contribution in [1.82, 2.24) is 15.0 Å². The molecule has 27 heavy (non-hydrogen) atoms. The molecule has 2 unspecified atom stereocenters. The van der Waals surface area contributed by atoms with Gasteiger partial charge in [-0.15, -0.1) is 0 Å². The Labute approximate surface area is 159 Å². The lowest BCUT2D eigenvalue weighted by Gasteiger charge is -2.41. The maximum atomic E-state index is 10.3. The Morgan fingerprint density at radius 1 is 1.19 bits per heavy atom. The number of hydrogen-bond donors (Lipinski definition) is 2. The third-order valence-corrected chi connectivity index (χ3v) is 5.77. The molecule has 1 aliphatic carbocycles. The fraction of sp³-hybridized carbons (Fsp3) is 0.600. The summed E-state index contributed by atoms with van der Waals surface area (Å²) < 4.78 is 10.6. The number of hydrogen-bond acceptors (Lipinski definition) is 7. The van der Waals surface area contributed by atoms with E-state index < -0.39 is 0 Å². The van der Waals surface area contributed by atoms with Crippen molar-refractivity contribution in [2.24, 2.45) is 0 Å². The maximum Gasteiger partial charge on any atom is 0.322 e. The standard InChI is InChI=1S/C20H28N4O3/c1-26-16-6-4-5-14(13-16)19-22-20(27-23-19)21-15-9-11-24(12-10-15)17-7-2-3-8-18(17)25/h4-6,13,15,17-18,25H,2-3,7-12H2,1H3,(H,21,22,23). The third kappa shape index (κ3) is 4.25. The molecule has 4 rings (SSSR count). The largest absolute Gasteiger partial charge is 0.497 e. The molecule has 2 aromatic rings. The van der Waals surface area contributed by atoms with Crippen LogP contribution in [0, 0.1) is 0 Å². The smallest absolute Gasteiger partial charge is 0.322 e. The van der Waals surface area contributed by atoms with Crippen LogP contribution in [0.5, 0.6) is 5.75 Å².